The molecule has 0 fully saturated rings. The summed E-state index contributed by atoms with van der Waals surface area (Å²) in [5, 5.41) is 3.97. The van der Waals surface area contributed by atoms with Crippen LogP contribution < -0.4 is 10.2 Å². The third kappa shape index (κ3) is 5.26. The first-order valence-electron chi connectivity index (χ1n) is 7.91. The van der Waals surface area contributed by atoms with E-state index in [4.69, 9.17) is 4.74 Å². The average Bonchev–Trinajstić information content (AvgIpc) is 2.68. The zero-order valence-electron chi connectivity index (χ0n) is 13.8. The van der Waals surface area contributed by atoms with Crippen molar-refractivity contribution in [3.8, 4) is 5.75 Å². The van der Waals surface area contributed by atoms with Gasteiger partial charge in [-0.2, -0.15) is 5.10 Å². The number of carbonyl (C=O) groups excluding carboxylic acids is 1. The van der Waals surface area contributed by atoms with Crippen molar-refractivity contribution in [2.45, 2.75) is 6.61 Å². The van der Waals surface area contributed by atoms with Crippen molar-refractivity contribution in [2.24, 2.45) is 5.10 Å². The molecule has 1 aromatic heterocycles. The van der Waals surface area contributed by atoms with E-state index in [2.05, 4.69) is 31.4 Å². The van der Waals surface area contributed by atoms with Gasteiger partial charge in [-0.3, -0.25) is 9.78 Å². The van der Waals surface area contributed by atoms with Crippen LogP contribution in [0.3, 0.4) is 0 Å². The summed E-state index contributed by atoms with van der Waals surface area (Å²) in [7, 11) is 0. The number of rotatable bonds is 6. The number of halogens is 1. The maximum atomic E-state index is 11.9. The molecule has 0 saturated carbocycles. The van der Waals surface area contributed by atoms with Gasteiger partial charge < -0.3 is 4.74 Å². The Kier molecular flexibility index (Phi) is 6.11. The van der Waals surface area contributed by atoms with Crippen molar-refractivity contribution in [1.29, 1.82) is 0 Å². The zero-order valence-corrected chi connectivity index (χ0v) is 15.4. The van der Waals surface area contributed by atoms with Crippen molar-refractivity contribution < 1.29 is 9.53 Å². The van der Waals surface area contributed by atoms with Gasteiger partial charge in [0, 0.05) is 16.9 Å². The Morgan fingerprint density at radius 2 is 2.00 bits per heavy atom. The number of nitrogens with one attached hydrogen (secondary N) is 1. The smallest absolute Gasteiger partial charge is 0.272 e. The lowest BCUT2D eigenvalue weighted by molar-refractivity contribution is 0.0955. The topological polar surface area (TPSA) is 63.6 Å². The third-order valence-corrected chi connectivity index (χ3v) is 4.01. The molecule has 0 aliphatic heterocycles. The van der Waals surface area contributed by atoms with E-state index in [0.717, 1.165) is 21.3 Å². The lowest BCUT2D eigenvalue weighted by Gasteiger charge is -2.07. The molecule has 0 aliphatic carbocycles. The van der Waals surface area contributed by atoms with Gasteiger partial charge in [-0.25, -0.2) is 5.43 Å². The molecule has 1 amide bonds. The van der Waals surface area contributed by atoms with Gasteiger partial charge in [0.2, 0.25) is 0 Å². The van der Waals surface area contributed by atoms with Crippen molar-refractivity contribution in [3.63, 3.8) is 0 Å². The summed E-state index contributed by atoms with van der Waals surface area (Å²) in [4.78, 5) is 15.8. The molecule has 3 rings (SSSR count). The zero-order chi connectivity index (χ0) is 18.2. The number of amides is 1. The molecule has 0 aliphatic rings. The molecule has 26 heavy (non-hydrogen) atoms. The molecule has 0 spiro atoms. The number of hydrazone groups is 1. The van der Waals surface area contributed by atoms with Crippen LogP contribution in [-0.2, 0) is 6.61 Å². The highest BCUT2D eigenvalue weighted by Gasteiger charge is 2.02. The number of nitrogens with zero attached hydrogens (tertiary/aromatic N) is 2. The second kappa shape index (κ2) is 8.92. The fraction of sp³-hybridized carbons (Fsp3) is 0.0500. The molecule has 2 aromatic carbocycles. The highest BCUT2D eigenvalue weighted by atomic mass is 79.9. The summed E-state index contributed by atoms with van der Waals surface area (Å²) in [6.07, 6.45) is 4.67. The maximum absolute atomic E-state index is 11.9. The van der Waals surface area contributed by atoms with Gasteiger partial charge in [0.05, 0.1) is 11.8 Å². The summed E-state index contributed by atoms with van der Waals surface area (Å²) in [5.41, 5.74) is 4.83. The van der Waals surface area contributed by atoms with Gasteiger partial charge in [0.1, 0.15) is 12.4 Å². The Morgan fingerprint density at radius 3 is 2.77 bits per heavy atom. The maximum Gasteiger partial charge on any atom is 0.272 e. The van der Waals surface area contributed by atoms with E-state index < -0.39 is 0 Å². The summed E-state index contributed by atoms with van der Waals surface area (Å²) in [6, 6.07) is 18.8. The fourth-order valence-corrected chi connectivity index (χ4v) is 2.42. The predicted octanol–water partition coefficient (Wildman–Crippen LogP) is 4.19. The van der Waals surface area contributed by atoms with Crippen molar-refractivity contribution in [3.05, 3.63) is 94.2 Å². The molecular formula is C20H16BrN3O2. The minimum atomic E-state index is -0.308. The predicted molar refractivity (Wildman–Crippen MR) is 104 cm³/mol. The molecule has 6 heteroatoms. The van der Waals surface area contributed by atoms with E-state index >= 15 is 0 Å². The van der Waals surface area contributed by atoms with Crippen LogP contribution in [0.2, 0.25) is 0 Å². The van der Waals surface area contributed by atoms with Gasteiger partial charge in [-0.05, 0) is 47.5 Å². The lowest BCUT2D eigenvalue weighted by atomic mass is 10.2. The van der Waals surface area contributed by atoms with Gasteiger partial charge in [0.25, 0.3) is 5.91 Å². The van der Waals surface area contributed by atoms with Gasteiger partial charge in [0.15, 0.2) is 0 Å². The van der Waals surface area contributed by atoms with Crippen LogP contribution in [0.5, 0.6) is 5.75 Å². The molecule has 0 unspecified atom stereocenters. The number of ether oxygens (including phenoxy) is 1. The lowest BCUT2D eigenvalue weighted by Crippen LogP contribution is -2.17. The monoisotopic (exact) mass is 409 g/mol. The van der Waals surface area contributed by atoms with E-state index in [0.29, 0.717) is 12.2 Å². The largest absolute Gasteiger partial charge is 0.489 e. The number of aromatic nitrogens is 1. The second-order valence-corrected chi connectivity index (χ2v) is 6.34. The van der Waals surface area contributed by atoms with Crippen LogP contribution in [0.25, 0.3) is 0 Å². The Labute approximate surface area is 159 Å². The summed E-state index contributed by atoms with van der Waals surface area (Å²) in [6.45, 7) is 0.478. The number of pyridine rings is 1. The Morgan fingerprint density at radius 1 is 1.15 bits per heavy atom. The number of hydrogen-bond acceptors (Lipinski definition) is 4. The minimum Gasteiger partial charge on any atom is -0.489 e. The van der Waals surface area contributed by atoms with Crippen molar-refractivity contribution in [1.82, 2.24) is 10.4 Å². The van der Waals surface area contributed by atoms with Crippen LogP contribution in [0.1, 0.15) is 21.5 Å². The van der Waals surface area contributed by atoms with E-state index in [1.165, 1.54) is 6.20 Å². The van der Waals surface area contributed by atoms with E-state index in [1.807, 2.05) is 48.5 Å². The SMILES string of the molecule is O=C(N/N=C/c1cccc(OCc2ccc(Br)cc2)c1)c1cccnc1. The molecule has 0 atom stereocenters. The van der Waals surface area contributed by atoms with Crippen molar-refractivity contribution in [2.75, 3.05) is 0 Å². The standard InChI is InChI=1S/C20H16BrN3O2/c21-18-8-6-15(7-9-18)14-26-19-5-1-3-16(11-19)12-23-24-20(25)17-4-2-10-22-13-17/h1-13H,14H2,(H,24,25)/b23-12+. The molecular weight excluding hydrogens is 394 g/mol. The average molecular weight is 410 g/mol. The summed E-state index contributed by atoms with van der Waals surface area (Å²) < 4.78 is 6.83. The van der Waals surface area contributed by atoms with Gasteiger partial charge >= 0.3 is 0 Å². The molecule has 130 valence electrons. The van der Waals surface area contributed by atoms with Gasteiger partial charge in [-0.15, -0.1) is 0 Å². The highest BCUT2D eigenvalue weighted by Crippen LogP contribution is 2.16. The van der Waals surface area contributed by atoms with Crippen LogP contribution >= 0.6 is 15.9 Å². The summed E-state index contributed by atoms with van der Waals surface area (Å²) in [5.74, 6) is 0.424. The van der Waals surface area contributed by atoms with Crippen LogP contribution in [0.4, 0.5) is 0 Å². The first-order valence-corrected chi connectivity index (χ1v) is 8.71. The molecule has 1 heterocycles. The van der Waals surface area contributed by atoms with E-state index in [9.17, 15) is 4.79 Å². The Bertz CT molecular complexity index is 896. The summed E-state index contributed by atoms with van der Waals surface area (Å²) >= 11 is 3.41. The van der Waals surface area contributed by atoms with Crippen molar-refractivity contribution >= 4 is 28.1 Å². The van der Waals surface area contributed by atoms with Crippen LogP contribution in [-0.4, -0.2) is 17.1 Å². The molecule has 5 nitrogen and oxygen atoms in total. The molecule has 1 N–H and O–H groups in total. The van der Waals surface area contributed by atoms with Crippen LogP contribution in [0, 0.1) is 0 Å². The highest BCUT2D eigenvalue weighted by molar-refractivity contribution is 9.10. The second-order valence-electron chi connectivity index (χ2n) is 5.43. The Balaban J connectivity index is 1.56. The quantitative estimate of drug-likeness (QED) is 0.490. The number of carbonyl (C=O) groups is 1. The molecule has 0 bridgehead atoms. The van der Waals surface area contributed by atoms with Crippen LogP contribution in [0.15, 0.2) is 82.6 Å². The third-order valence-electron chi connectivity index (χ3n) is 3.48. The first kappa shape index (κ1) is 17.8. The number of hydrogen-bond donors (Lipinski definition) is 1. The van der Waals surface area contributed by atoms with E-state index in [1.54, 1.807) is 24.5 Å². The van der Waals surface area contributed by atoms with Gasteiger partial charge in [-0.1, -0.05) is 40.2 Å². The normalized spacial score (nSPS) is 10.7. The molecule has 3 aromatic rings. The van der Waals surface area contributed by atoms with E-state index in [-0.39, 0.29) is 5.91 Å². The first-order chi connectivity index (χ1) is 12.7. The molecule has 0 saturated heterocycles. The number of benzene rings is 2. The molecule has 0 radical (unpaired) electrons. The minimum absolute atomic E-state index is 0.308. The fourth-order valence-electron chi connectivity index (χ4n) is 2.16. The Hall–Kier alpha value is -2.99.